The first-order chi connectivity index (χ1) is 15.8. The summed E-state index contributed by atoms with van der Waals surface area (Å²) in [6, 6.07) is 12.2. The van der Waals surface area contributed by atoms with E-state index in [1.54, 1.807) is 36.6 Å². The van der Waals surface area contributed by atoms with E-state index in [0.29, 0.717) is 35.5 Å². The SMILES string of the molecule is CCOC(=O)C1=C(C)N=c2s/c(=C\c3cc(I)c(O)c(OC)c3)c(=O)n2[C@@H]1c1ccccc1. The fourth-order valence-corrected chi connectivity index (χ4v) is 5.40. The van der Waals surface area contributed by atoms with Crippen molar-refractivity contribution in [2.75, 3.05) is 13.7 Å². The number of esters is 1. The van der Waals surface area contributed by atoms with Crippen LogP contribution in [-0.2, 0) is 9.53 Å². The quantitative estimate of drug-likeness (QED) is 0.373. The van der Waals surface area contributed by atoms with Crippen LogP contribution in [0, 0.1) is 3.57 Å². The van der Waals surface area contributed by atoms with Gasteiger partial charge < -0.3 is 14.6 Å². The minimum Gasteiger partial charge on any atom is -0.504 e. The number of allylic oxidation sites excluding steroid dienone is 1. The average Bonchev–Trinajstić information content (AvgIpc) is 3.10. The molecule has 9 heteroatoms. The Balaban J connectivity index is 1.95. The number of nitrogens with zero attached hydrogens (tertiary/aromatic N) is 2. The standard InChI is InChI=1S/C24H21IN2O5S/c1-4-32-23(30)19-13(2)26-24-27(20(19)15-8-6-5-7-9-15)22(29)18(33-24)12-14-10-16(25)21(28)17(11-14)31-3/h5-12,20,28H,4H2,1-3H3/b18-12-/t20-/m1/s1. The Morgan fingerprint density at radius 3 is 2.70 bits per heavy atom. The third kappa shape index (κ3) is 4.34. The maximum atomic E-state index is 13.6. The van der Waals surface area contributed by atoms with Crippen molar-refractivity contribution in [2.45, 2.75) is 19.9 Å². The first-order valence-corrected chi connectivity index (χ1v) is 12.1. The van der Waals surface area contributed by atoms with Gasteiger partial charge in [-0.05, 0) is 65.8 Å². The Morgan fingerprint density at radius 1 is 1.30 bits per heavy atom. The van der Waals surface area contributed by atoms with E-state index >= 15 is 0 Å². The van der Waals surface area contributed by atoms with Gasteiger partial charge in [-0.15, -0.1) is 0 Å². The maximum Gasteiger partial charge on any atom is 0.338 e. The molecule has 33 heavy (non-hydrogen) atoms. The van der Waals surface area contributed by atoms with E-state index < -0.39 is 12.0 Å². The van der Waals surface area contributed by atoms with Crippen LogP contribution in [-0.4, -0.2) is 29.4 Å². The van der Waals surface area contributed by atoms with Gasteiger partial charge in [-0.3, -0.25) is 9.36 Å². The Bertz CT molecular complexity index is 1440. The van der Waals surface area contributed by atoms with Gasteiger partial charge in [0.25, 0.3) is 5.56 Å². The van der Waals surface area contributed by atoms with Crippen LogP contribution in [0.15, 0.2) is 63.5 Å². The molecule has 4 rings (SSSR count). The predicted molar refractivity (Wildman–Crippen MR) is 134 cm³/mol. The van der Waals surface area contributed by atoms with Gasteiger partial charge in [0.2, 0.25) is 0 Å². The fourth-order valence-electron chi connectivity index (χ4n) is 3.73. The van der Waals surface area contributed by atoms with Gasteiger partial charge >= 0.3 is 5.97 Å². The zero-order valence-corrected chi connectivity index (χ0v) is 21.1. The van der Waals surface area contributed by atoms with Crippen molar-refractivity contribution in [3.63, 3.8) is 0 Å². The summed E-state index contributed by atoms with van der Waals surface area (Å²) < 4.78 is 13.1. The lowest BCUT2D eigenvalue weighted by Crippen LogP contribution is -2.39. The summed E-state index contributed by atoms with van der Waals surface area (Å²) in [6.45, 7) is 3.73. The minimum atomic E-state index is -0.641. The highest BCUT2D eigenvalue weighted by Crippen LogP contribution is 2.33. The first-order valence-electron chi connectivity index (χ1n) is 10.2. The number of aromatic nitrogens is 1. The summed E-state index contributed by atoms with van der Waals surface area (Å²) in [6.07, 6.45) is 1.74. The number of methoxy groups -OCH3 is 1. The summed E-state index contributed by atoms with van der Waals surface area (Å²) in [5, 5.41) is 10.1. The highest BCUT2D eigenvalue weighted by Gasteiger charge is 2.33. The van der Waals surface area contributed by atoms with Gasteiger partial charge in [0.1, 0.15) is 0 Å². The molecule has 3 aromatic rings. The predicted octanol–water partition coefficient (Wildman–Crippen LogP) is 3.12. The molecule has 0 radical (unpaired) electrons. The molecule has 0 unspecified atom stereocenters. The lowest BCUT2D eigenvalue weighted by Gasteiger charge is -2.24. The largest absolute Gasteiger partial charge is 0.504 e. The van der Waals surface area contributed by atoms with E-state index in [1.165, 1.54) is 18.4 Å². The van der Waals surface area contributed by atoms with E-state index in [2.05, 4.69) is 4.99 Å². The lowest BCUT2D eigenvalue weighted by molar-refractivity contribution is -0.139. The summed E-state index contributed by atoms with van der Waals surface area (Å²) in [5.41, 5.74) is 2.11. The van der Waals surface area contributed by atoms with Crippen molar-refractivity contribution in [1.82, 2.24) is 4.57 Å². The highest BCUT2D eigenvalue weighted by atomic mass is 127. The number of phenols is 1. The summed E-state index contributed by atoms with van der Waals surface area (Å²) in [4.78, 5) is 31.5. The van der Waals surface area contributed by atoms with Crippen molar-refractivity contribution in [2.24, 2.45) is 4.99 Å². The van der Waals surface area contributed by atoms with Crippen LogP contribution in [0.3, 0.4) is 0 Å². The molecule has 2 aromatic carbocycles. The van der Waals surface area contributed by atoms with Crippen LogP contribution >= 0.6 is 33.9 Å². The van der Waals surface area contributed by atoms with Crippen LogP contribution in [0.5, 0.6) is 11.5 Å². The second-order valence-corrected chi connectivity index (χ2v) is 9.44. The van der Waals surface area contributed by atoms with Crippen molar-refractivity contribution in [3.8, 4) is 11.5 Å². The van der Waals surface area contributed by atoms with Crippen LogP contribution in [0.2, 0.25) is 0 Å². The molecular formula is C24H21IN2O5S. The smallest absolute Gasteiger partial charge is 0.338 e. The normalized spacial score (nSPS) is 15.8. The number of thiazole rings is 1. The number of rotatable bonds is 5. The number of hydrogen-bond donors (Lipinski definition) is 1. The van der Waals surface area contributed by atoms with Crippen molar-refractivity contribution in [3.05, 3.63) is 88.1 Å². The molecule has 1 aliphatic rings. The van der Waals surface area contributed by atoms with Crippen molar-refractivity contribution in [1.29, 1.82) is 0 Å². The number of benzene rings is 2. The maximum absolute atomic E-state index is 13.6. The summed E-state index contributed by atoms with van der Waals surface area (Å²) in [5.74, 6) is -0.112. The molecule has 0 fully saturated rings. The van der Waals surface area contributed by atoms with Crippen LogP contribution in [0.4, 0.5) is 0 Å². The Kier molecular flexibility index (Phi) is 6.71. The van der Waals surface area contributed by atoms with Crippen molar-refractivity contribution < 1.29 is 19.4 Å². The molecular weight excluding hydrogens is 555 g/mol. The van der Waals surface area contributed by atoms with Crippen LogP contribution in [0.1, 0.15) is 31.0 Å². The fraction of sp³-hybridized carbons (Fsp3) is 0.208. The Morgan fingerprint density at radius 2 is 2.03 bits per heavy atom. The summed E-state index contributed by atoms with van der Waals surface area (Å²) >= 11 is 3.26. The van der Waals surface area contributed by atoms with Gasteiger partial charge in [-0.25, -0.2) is 9.79 Å². The molecule has 1 atom stereocenters. The van der Waals surface area contributed by atoms with Gasteiger partial charge in [0, 0.05) is 0 Å². The Labute approximate surface area is 207 Å². The third-order valence-electron chi connectivity index (χ3n) is 5.20. The monoisotopic (exact) mass is 576 g/mol. The molecule has 1 N–H and O–H groups in total. The molecule has 0 aliphatic carbocycles. The molecule has 2 heterocycles. The van der Waals surface area contributed by atoms with E-state index in [0.717, 1.165) is 5.56 Å². The van der Waals surface area contributed by atoms with Crippen LogP contribution < -0.4 is 19.6 Å². The second-order valence-electron chi connectivity index (χ2n) is 7.27. The zero-order valence-electron chi connectivity index (χ0n) is 18.2. The van der Waals surface area contributed by atoms with Gasteiger partial charge in [0.15, 0.2) is 16.3 Å². The van der Waals surface area contributed by atoms with Gasteiger partial charge in [0.05, 0.1) is 39.1 Å². The molecule has 0 saturated heterocycles. The number of ether oxygens (including phenoxy) is 2. The van der Waals surface area contributed by atoms with Gasteiger partial charge in [-0.2, -0.15) is 0 Å². The molecule has 0 spiro atoms. The molecule has 0 bridgehead atoms. The third-order valence-corrected chi connectivity index (χ3v) is 7.01. The number of carbonyl (C=O) groups is 1. The van der Waals surface area contributed by atoms with E-state index in [4.69, 9.17) is 9.47 Å². The number of fused-ring (bicyclic) bond motifs is 1. The molecule has 1 aromatic heterocycles. The highest BCUT2D eigenvalue weighted by molar-refractivity contribution is 14.1. The molecule has 1 aliphatic heterocycles. The minimum absolute atomic E-state index is 0.0514. The van der Waals surface area contributed by atoms with E-state index in [-0.39, 0.29) is 17.9 Å². The zero-order chi connectivity index (χ0) is 23.7. The number of aromatic hydroxyl groups is 1. The van der Waals surface area contributed by atoms with Crippen LogP contribution in [0.25, 0.3) is 6.08 Å². The Hall–Kier alpha value is -2.92. The topological polar surface area (TPSA) is 90.1 Å². The second kappa shape index (κ2) is 9.52. The molecule has 0 saturated carbocycles. The average molecular weight is 576 g/mol. The number of carbonyl (C=O) groups excluding carboxylic acids is 1. The number of hydrogen-bond acceptors (Lipinski definition) is 7. The van der Waals surface area contributed by atoms with E-state index in [1.807, 2.05) is 52.9 Å². The van der Waals surface area contributed by atoms with Crippen molar-refractivity contribution >= 4 is 46.0 Å². The first kappa shape index (κ1) is 23.2. The molecule has 170 valence electrons. The van der Waals surface area contributed by atoms with E-state index in [9.17, 15) is 14.7 Å². The van der Waals surface area contributed by atoms with Gasteiger partial charge in [-0.1, -0.05) is 41.7 Å². The number of phenolic OH excluding ortho intramolecular Hbond substituents is 1. The summed E-state index contributed by atoms with van der Waals surface area (Å²) in [7, 11) is 1.47. The molecule has 7 nitrogen and oxygen atoms in total. The molecule has 0 amide bonds. The lowest BCUT2D eigenvalue weighted by atomic mass is 9.96. The number of halogens is 1.